The number of rotatable bonds is 0. The Balaban J connectivity index is -0.0000000800. The summed E-state index contributed by atoms with van der Waals surface area (Å²) in [5.41, 5.74) is 0. The second kappa shape index (κ2) is 6.75. The van der Waals surface area contributed by atoms with Crippen molar-refractivity contribution in [2.75, 3.05) is 0 Å². The zero-order valence-electron chi connectivity index (χ0n) is 2.83. The van der Waals surface area contributed by atoms with E-state index in [1.54, 1.807) is 0 Å². The van der Waals surface area contributed by atoms with E-state index in [1.807, 2.05) is 0 Å². The van der Waals surface area contributed by atoms with Crippen LogP contribution < -0.4 is 9.79 Å². The van der Waals surface area contributed by atoms with Crippen LogP contribution in [0.4, 0.5) is 0 Å². The van der Waals surface area contributed by atoms with Crippen LogP contribution in [0.2, 0.25) is 0 Å². The average molecular weight is 178 g/mol. The van der Waals surface area contributed by atoms with Gasteiger partial charge in [-0.2, -0.15) is 0 Å². The fourth-order valence-corrected chi connectivity index (χ4v) is 0. The van der Waals surface area contributed by atoms with Gasteiger partial charge in [-0.3, -0.25) is 0 Å². The third-order valence-corrected chi connectivity index (χ3v) is 0. The van der Waals surface area contributed by atoms with Crippen molar-refractivity contribution in [3.05, 3.63) is 0 Å². The molecular weight excluding hydrogens is 175 g/mol. The average Bonchev–Trinajstić information content (AvgIpc) is 0.722. The molecule has 0 aliphatic carbocycles. The Kier molecular flexibility index (Phi) is 15.7. The van der Waals surface area contributed by atoms with Crippen LogP contribution in [0.15, 0.2) is 0 Å². The summed E-state index contributed by atoms with van der Waals surface area (Å²) < 4.78 is 8.66. The van der Waals surface area contributed by atoms with Crippen LogP contribution in [-0.4, -0.2) is 80.4 Å². The molecule has 0 unspecified atom stereocenters. The van der Waals surface area contributed by atoms with Gasteiger partial charge >= 0.3 is 75.5 Å². The first kappa shape index (κ1) is 16.3. The molecule has 0 atom stereocenters. The first-order valence-corrected chi connectivity index (χ1v) is 2.24. The van der Waals surface area contributed by atoms with Crippen molar-refractivity contribution in [2.24, 2.45) is 0 Å². The zero-order valence-corrected chi connectivity index (χ0v) is 5.93. The second-order valence-corrected chi connectivity index (χ2v) is 1.41. The first-order chi connectivity index (χ1) is 2.00. The molecule has 0 rings (SSSR count). The maximum atomic E-state index is 8.66. The summed E-state index contributed by atoms with van der Waals surface area (Å²) in [7, 11) is -5.14. The Morgan fingerprint density at radius 1 is 1.43 bits per heavy atom. The van der Waals surface area contributed by atoms with E-state index in [-0.39, 0.29) is 75.5 Å². The van der Waals surface area contributed by atoms with Crippen molar-refractivity contribution in [3.8, 4) is 0 Å². The van der Waals surface area contributed by atoms with Gasteiger partial charge in [0.05, 0.1) is 7.82 Å². The van der Waals surface area contributed by atoms with Gasteiger partial charge in [-0.05, 0) is 0 Å². The van der Waals surface area contributed by atoms with Crippen LogP contribution in [0.3, 0.4) is 0 Å². The topological polar surface area (TPSA) is 83.4 Å². The standard InChI is InChI=1S/2Ca.H3O4P.2H/c;;1-5(2,3)4;;/h;;(H3,1,2,3,4);;/q;+2;;;/p-2. The summed E-state index contributed by atoms with van der Waals surface area (Å²) >= 11 is 0. The zero-order chi connectivity index (χ0) is 4.50. The molecule has 7 heavy (non-hydrogen) atoms. The molecule has 4 nitrogen and oxygen atoms in total. The Morgan fingerprint density at radius 2 is 1.43 bits per heavy atom. The number of hydrogen-bond donors (Lipinski definition) is 1. The molecule has 0 aromatic heterocycles. The van der Waals surface area contributed by atoms with Crippen LogP contribution in [0.1, 0.15) is 0 Å². The molecular formula is H3Ca2O4P. The van der Waals surface area contributed by atoms with Gasteiger partial charge in [0.15, 0.2) is 0 Å². The quantitative estimate of drug-likeness (QED) is 0.308. The molecule has 0 bridgehead atoms. The summed E-state index contributed by atoms with van der Waals surface area (Å²) in [6, 6.07) is 0. The van der Waals surface area contributed by atoms with Gasteiger partial charge < -0.3 is 19.2 Å². The van der Waals surface area contributed by atoms with Crippen molar-refractivity contribution in [1.82, 2.24) is 0 Å². The molecule has 7 heteroatoms. The van der Waals surface area contributed by atoms with Crippen molar-refractivity contribution >= 4 is 83.3 Å². The summed E-state index contributed by atoms with van der Waals surface area (Å²) in [6.07, 6.45) is 0. The summed E-state index contributed by atoms with van der Waals surface area (Å²) in [5.74, 6) is 0. The summed E-state index contributed by atoms with van der Waals surface area (Å²) in [5, 5.41) is 0. The minimum absolute atomic E-state index is 0. The van der Waals surface area contributed by atoms with E-state index in [2.05, 4.69) is 0 Å². The molecule has 0 heterocycles. The molecule has 0 saturated carbocycles. The Labute approximate surface area is 101 Å². The van der Waals surface area contributed by atoms with Gasteiger partial charge in [0.25, 0.3) is 0 Å². The van der Waals surface area contributed by atoms with E-state index >= 15 is 0 Å². The summed E-state index contributed by atoms with van der Waals surface area (Å²) in [6.45, 7) is 0. The molecule has 0 aromatic carbocycles. The van der Waals surface area contributed by atoms with Crippen LogP contribution in [-0.2, 0) is 4.57 Å². The van der Waals surface area contributed by atoms with Crippen LogP contribution in [0.25, 0.3) is 0 Å². The molecule has 0 spiro atoms. The van der Waals surface area contributed by atoms with Gasteiger partial charge in [-0.25, -0.2) is 0 Å². The Bertz CT molecular complexity index is 55.8. The van der Waals surface area contributed by atoms with Gasteiger partial charge in [-0.1, -0.05) is 0 Å². The first-order valence-electron chi connectivity index (χ1n) is 0.748. The summed E-state index contributed by atoms with van der Waals surface area (Å²) in [4.78, 5) is 24.3. The third-order valence-electron chi connectivity index (χ3n) is 0. The van der Waals surface area contributed by atoms with E-state index in [1.165, 1.54) is 0 Å². The number of phosphoric acid groups is 1. The molecule has 36 valence electrons. The SMILES string of the molecule is O=P([O-])([O-])O.[Ca+2].[CaH2]. The van der Waals surface area contributed by atoms with Gasteiger partial charge in [0.1, 0.15) is 0 Å². The molecule has 0 aliphatic rings. The molecule has 0 aliphatic heterocycles. The minimum atomic E-state index is -5.14. The van der Waals surface area contributed by atoms with E-state index in [0.717, 1.165) is 0 Å². The fourth-order valence-electron chi connectivity index (χ4n) is 0. The predicted octanol–water partition coefficient (Wildman–Crippen LogP) is -3.49. The fraction of sp³-hybridized carbons (Fsp3) is 0. The maximum absolute atomic E-state index is 8.66. The molecule has 0 fully saturated rings. The van der Waals surface area contributed by atoms with E-state index in [0.29, 0.717) is 0 Å². The normalized spacial score (nSPS) is 8.43. The molecule has 1 N–H and O–H groups in total. The van der Waals surface area contributed by atoms with Crippen molar-refractivity contribution in [3.63, 3.8) is 0 Å². The van der Waals surface area contributed by atoms with Gasteiger partial charge in [0, 0.05) is 0 Å². The second-order valence-electron chi connectivity index (χ2n) is 0.469. The van der Waals surface area contributed by atoms with Crippen molar-refractivity contribution in [2.45, 2.75) is 0 Å². The van der Waals surface area contributed by atoms with E-state index < -0.39 is 7.82 Å². The van der Waals surface area contributed by atoms with Crippen LogP contribution >= 0.6 is 7.82 Å². The van der Waals surface area contributed by atoms with E-state index in [9.17, 15) is 0 Å². The predicted molar refractivity (Wildman–Crippen MR) is 24.1 cm³/mol. The molecule has 0 aromatic rings. The van der Waals surface area contributed by atoms with E-state index in [4.69, 9.17) is 19.2 Å². The monoisotopic (exact) mass is 178 g/mol. The van der Waals surface area contributed by atoms with Gasteiger partial charge in [0.2, 0.25) is 0 Å². The van der Waals surface area contributed by atoms with Crippen molar-refractivity contribution < 1.29 is 19.2 Å². The van der Waals surface area contributed by atoms with Crippen LogP contribution in [0, 0.1) is 0 Å². The van der Waals surface area contributed by atoms with Crippen LogP contribution in [0.5, 0.6) is 0 Å². The molecule has 0 saturated heterocycles. The Hall–Kier alpha value is 2.63. The van der Waals surface area contributed by atoms with Gasteiger partial charge in [-0.15, -0.1) is 0 Å². The number of hydrogen-bond acceptors (Lipinski definition) is 3. The third kappa shape index (κ3) is 54.9. The Morgan fingerprint density at radius 3 is 1.43 bits per heavy atom. The molecule has 0 radical (unpaired) electrons. The van der Waals surface area contributed by atoms with Crippen molar-refractivity contribution in [1.29, 1.82) is 0 Å². The molecule has 0 amide bonds.